The van der Waals surface area contributed by atoms with E-state index in [0.29, 0.717) is 0 Å². The standard InChI is InChI=1S/C8H14INO4/c1-8(2,3)14-7(12)10-4-6(11)13-5-9/h4-5H2,1-3H3,(H,10,12). The number of alkyl halides is 1. The molecule has 0 fully saturated rings. The van der Waals surface area contributed by atoms with E-state index in [9.17, 15) is 9.59 Å². The quantitative estimate of drug-likeness (QED) is 0.486. The summed E-state index contributed by atoms with van der Waals surface area (Å²) < 4.78 is 9.78. The molecule has 0 aromatic heterocycles. The van der Waals surface area contributed by atoms with Gasteiger partial charge in [0.25, 0.3) is 0 Å². The van der Waals surface area contributed by atoms with Crippen molar-refractivity contribution in [1.82, 2.24) is 5.32 Å². The number of alkyl carbamates (subject to hydrolysis) is 1. The molecule has 1 N–H and O–H groups in total. The number of rotatable bonds is 3. The number of halogens is 1. The Kier molecular flexibility index (Phi) is 5.82. The average molecular weight is 315 g/mol. The van der Waals surface area contributed by atoms with Gasteiger partial charge < -0.3 is 14.8 Å². The van der Waals surface area contributed by atoms with Crippen LogP contribution in [0.15, 0.2) is 0 Å². The number of carbonyl (C=O) groups is 2. The fourth-order valence-corrected chi connectivity index (χ4v) is 0.918. The zero-order chi connectivity index (χ0) is 11.2. The SMILES string of the molecule is CC(C)(C)OC(=O)NCC(=O)OCI. The molecular formula is C8H14INO4. The molecule has 1 amide bonds. The second-order valence-corrected chi connectivity index (χ2v) is 4.10. The smallest absolute Gasteiger partial charge is 0.408 e. The van der Waals surface area contributed by atoms with Gasteiger partial charge in [0.1, 0.15) is 16.8 Å². The first-order valence-corrected chi connectivity index (χ1v) is 5.56. The third-order valence-corrected chi connectivity index (χ3v) is 1.30. The van der Waals surface area contributed by atoms with Crippen LogP contribution in [0.3, 0.4) is 0 Å². The highest BCUT2D eigenvalue weighted by molar-refractivity contribution is 14.1. The van der Waals surface area contributed by atoms with Crippen LogP contribution in [0.1, 0.15) is 20.8 Å². The van der Waals surface area contributed by atoms with E-state index < -0.39 is 17.7 Å². The van der Waals surface area contributed by atoms with Crippen LogP contribution >= 0.6 is 22.6 Å². The van der Waals surface area contributed by atoms with E-state index in [-0.39, 0.29) is 11.2 Å². The average Bonchev–Trinajstić information content (AvgIpc) is 1.98. The number of carbonyl (C=O) groups excluding carboxylic acids is 2. The number of nitrogens with one attached hydrogen (secondary N) is 1. The van der Waals surface area contributed by atoms with Gasteiger partial charge in [0.2, 0.25) is 0 Å². The van der Waals surface area contributed by atoms with Gasteiger partial charge >= 0.3 is 12.1 Å². The maximum atomic E-state index is 11.0. The van der Waals surface area contributed by atoms with Gasteiger partial charge in [0, 0.05) is 0 Å². The van der Waals surface area contributed by atoms with Crippen molar-refractivity contribution in [3.63, 3.8) is 0 Å². The van der Waals surface area contributed by atoms with Crippen molar-refractivity contribution in [1.29, 1.82) is 0 Å². The van der Waals surface area contributed by atoms with Crippen molar-refractivity contribution < 1.29 is 19.1 Å². The maximum absolute atomic E-state index is 11.0. The van der Waals surface area contributed by atoms with E-state index in [0.717, 1.165) is 0 Å². The van der Waals surface area contributed by atoms with Crippen LogP contribution in [0, 0.1) is 0 Å². The summed E-state index contributed by atoms with van der Waals surface area (Å²) in [5.41, 5.74) is -0.558. The Bertz CT molecular complexity index is 212. The molecule has 0 rings (SSSR count). The van der Waals surface area contributed by atoms with Crippen molar-refractivity contribution in [3.8, 4) is 0 Å². The minimum atomic E-state index is -0.622. The number of amides is 1. The molecule has 82 valence electrons. The summed E-state index contributed by atoms with van der Waals surface area (Å²) in [6.45, 7) is 5.07. The molecule has 0 radical (unpaired) electrons. The third-order valence-electron chi connectivity index (χ3n) is 0.991. The summed E-state index contributed by atoms with van der Waals surface area (Å²) in [6, 6.07) is 0. The molecule has 6 heteroatoms. The summed E-state index contributed by atoms with van der Waals surface area (Å²) >= 11 is 1.89. The predicted octanol–water partition coefficient (Wildman–Crippen LogP) is 1.45. The molecule has 0 aliphatic heterocycles. The largest absolute Gasteiger partial charge is 0.454 e. The third kappa shape index (κ3) is 8.09. The lowest BCUT2D eigenvalue weighted by atomic mass is 10.2. The second kappa shape index (κ2) is 6.05. The fraction of sp³-hybridized carbons (Fsp3) is 0.750. The van der Waals surface area contributed by atoms with Gasteiger partial charge in [0.15, 0.2) is 0 Å². The monoisotopic (exact) mass is 315 g/mol. The summed E-state index contributed by atoms with van der Waals surface area (Å²) in [4.78, 5) is 21.8. The van der Waals surface area contributed by atoms with E-state index in [2.05, 4.69) is 10.1 Å². The second-order valence-electron chi connectivity index (χ2n) is 3.48. The van der Waals surface area contributed by atoms with Crippen molar-refractivity contribution in [2.45, 2.75) is 26.4 Å². The molecular weight excluding hydrogens is 301 g/mol. The molecule has 0 aromatic rings. The van der Waals surface area contributed by atoms with Gasteiger partial charge in [-0.15, -0.1) is 0 Å². The van der Waals surface area contributed by atoms with Crippen LogP contribution in [0.25, 0.3) is 0 Å². The van der Waals surface area contributed by atoms with Gasteiger partial charge in [-0.3, -0.25) is 4.79 Å². The van der Waals surface area contributed by atoms with Crippen LogP contribution in [0.4, 0.5) is 4.79 Å². The Balaban J connectivity index is 3.70. The lowest BCUT2D eigenvalue weighted by Gasteiger charge is -2.19. The van der Waals surface area contributed by atoms with E-state index in [1.165, 1.54) is 0 Å². The molecule has 0 aromatic carbocycles. The zero-order valence-electron chi connectivity index (χ0n) is 8.43. The van der Waals surface area contributed by atoms with Crippen LogP contribution in [0.2, 0.25) is 0 Å². The van der Waals surface area contributed by atoms with E-state index in [4.69, 9.17) is 4.74 Å². The topological polar surface area (TPSA) is 64.6 Å². The highest BCUT2D eigenvalue weighted by Gasteiger charge is 2.16. The first-order valence-electron chi connectivity index (χ1n) is 4.03. The van der Waals surface area contributed by atoms with Gasteiger partial charge in [0.05, 0.1) is 0 Å². The number of ether oxygens (including phenoxy) is 2. The van der Waals surface area contributed by atoms with Crippen LogP contribution in [-0.4, -0.2) is 28.8 Å². The first-order chi connectivity index (χ1) is 6.35. The van der Waals surface area contributed by atoms with Crippen molar-refractivity contribution >= 4 is 34.7 Å². The molecule has 0 aliphatic carbocycles. The summed E-state index contributed by atoms with van der Waals surface area (Å²) in [5, 5.41) is 2.28. The number of hydrogen-bond donors (Lipinski definition) is 1. The number of hydrogen-bond acceptors (Lipinski definition) is 4. The lowest BCUT2D eigenvalue weighted by Crippen LogP contribution is -2.35. The Hall–Kier alpha value is -0.530. The molecule has 14 heavy (non-hydrogen) atoms. The molecule has 0 atom stereocenters. The molecule has 0 unspecified atom stereocenters. The molecule has 0 saturated heterocycles. The van der Waals surface area contributed by atoms with Crippen LogP contribution in [0.5, 0.6) is 0 Å². The summed E-state index contributed by atoms with van der Waals surface area (Å²) in [5.74, 6) is -0.481. The highest BCUT2D eigenvalue weighted by Crippen LogP contribution is 2.06. The number of esters is 1. The fourth-order valence-electron chi connectivity index (χ4n) is 0.570. The van der Waals surface area contributed by atoms with Crippen LogP contribution < -0.4 is 5.32 Å². The molecule has 0 saturated carbocycles. The van der Waals surface area contributed by atoms with Gasteiger partial charge in [-0.2, -0.15) is 0 Å². The lowest BCUT2D eigenvalue weighted by molar-refractivity contribution is -0.139. The Morgan fingerprint density at radius 1 is 1.36 bits per heavy atom. The normalized spacial score (nSPS) is 10.6. The van der Waals surface area contributed by atoms with Crippen molar-refractivity contribution in [3.05, 3.63) is 0 Å². The Morgan fingerprint density at radius 3 is 2.36 bits per heavy atom. The zero-order valence-corrected chi connectivity index (χ0v) is 10.6. The van der Waals surface area contributed by atoms with E-state index >= 15 is 0 Å². The molecule has 0 aliphatic rings. The van der Waals surface area contributed by atoms with E-state index in [1.54, 1.807) is 20.8 Å². The van der Waals surface area contributed by atoms with Crippen molar-refractivity contribution in [2.75, 3.05) is 11.2 Å². The minimum Gasteiger partial charge on any atom is -0.454 e. The van der Waals surface area contributed by atoms with Gasteiger partial charge in [-0.05, 0) is 43.4 Å². The minimum absolute atomic E-state index is 0.169. The van der Waals surface area contributed by atoms with Gasteiger partial charge in [-0.25, -0.2) is 4.79 Å². The highest BCUT2D eigenvalue weighted by atomic mass is 127. The maximum Gasteiger partial charge on any atom is 0.408 e. The Labute approximate surface area is 96.7 Å². The van der Waals surface area contributed by atoms with E-state index in [1.807, 2.05) is 22.6 Å². The molecule has 0 spiro atoms. The summed E-state index contributed by atoms with van der Waals surface area (Å²) in [7, 11) is 0. The van der Waals surface area contributed by atoms with Crippen LogP contribution in [-0.2, 0) is 14.3 Å². The van der Waals surface area contributed by atoms with Crippen molar-refractivity contribution in [2.24, 2.45) is 0 Å². The molecule has 0 bridgehead atoms. The molecule has 0 heterocycles. The predicted molar refractivity (Wildman–Crippen MR) is 59.2 cm³/mol. The van der Waals surface area contributed by atoms with Gasteiger partial charge in [-0.1, -0.05) is 0 Å². The summed E-state index contributed by atoms with van der Waals surface area (Å²) in [6.07, 6.45) is -0.622. The first kappa shape index (κ1) is 13.5. The Morgan fingerprint density at radius 2 is 1.93 bits per heavy atom. The molecule has 5 nitrogen and oxygen atoms in total.